The van der Waals surface area contributed by atoms with Crippen molar-refractivity contribution in [1.29, 1.82) is 0 Å². The van der Waals surface area contributed by atoms with Crippen molar-refractivity contribution < 1.29 is 4.52 Å². The maximum Gasteiger partial charge on any atom is 0.231 e. The van der Waals surface area contributed by atoms with Crippen molar-refractivity contribution in [3.63, 3.8) is 0 Å². The average Bonchev–Trinajstić information content (AvgIpc) is 2.87. The first-order valence-electron chi connectivity index (χ1n) is 6.31. The van der Waals surface area contributed by atoms with Crippen LogP contribution in [-0.2, 0) is 0 Å². The fourth-order valence-electron chi connectivity index (χ4n) is 3.39. The Labute approximate surface area is 95.8 Å². The van der Waals surface area contributed by atoms with Crippen molar-refractivity contribution in [2.24, 2.45) is 5.41 Å². The number of nitrogens with one attached hydrogen (secondary N) is 1. The number of aryl methyl sites for hydroxylation is 1. The monoisotopic (exact) mass is 221 g/mol. The van der Waals surface area contributed by atoms with Crippen LogP contribution in [0.2, 0.25) is 0 Å². The molecule has 0 unspecified atom stereocenters. The maximum atomic E-state index is 5.37. The van der Waals surface area contributed by atoms with Crippen LogP contribution in [0.5, 0.6) is 0 Å². The Morgan fingerprint density at radius 3 is 2.81 bits per heavy atom. The molecule has 3 rings (SSSR count). The van der Waals surface area contributed by atoms with Gasteiger partial charge in [-0.2, -0.15) is 4.98 Å². The van der Waals surface area contributed by atoms with Gasteiger partial charge in [-0.1, -0.05) is 24.4 Å². The molecule has 16 heavy (non-hydrogen) atoms. The summed E-state index contributed by atoms with van der Waals surface area (Å²) < 4.78 is 5.37. The predicted molar refractivity (Wildman–Crippen MR) is 60.2 cm³/mol. The van der Waals surface area contributed by atoms with E-state index in [4.69, 9.17) is 4.52 Å². The normalized spacial score (nSPS) is 28.7. The van der Waals surface area contributed by atoms with Crippen molar-refractivity contribution in [1.82, 2.24) is 15.5 Å². The third-order valence-electron chi connectivity index (χ3n) is 4.26. The third kappa shape index (κ3) is 1.56. The van der Waals surface area contributed by atoms with Gasteiger partial charge in [0.15, 0.2) is 5.82 Å². The Hall–Kier alpha value is -0.900. The van der Waals surface area contributed by atoms with Gasteiger partial charge < -0.3 is 9.84 Å². The molecule has 4 nitrogen and oxygen atoms in total. The van der Waals surface area contributed by atoms with E-state index in [1.807, 2.05) is 6.92 Å². The number of rotatable bonds is 1. The Balaban J connectivity index is 1.88. The van der Waals surface area contributed by atoms with E-state index in [1.165, 1.54) is 32.1 Å². The van der Waals surface area contributed by atoms with Gasteiger partial charge in [0, 0.05) is 13.1 Å². The molecule has 0 radical (unpaired) electrons. The molecule has 1 N–H and O–H groups in total. The predicted octanol–water partition coefficient (Wildman–Crippen LogP) is 2.02. The average molecular weight is 221 g/mol. The number of hydrogen-bond acceptors (Lipinski definition) is 4. The molecule has 2 aliphatic rings. The lowest BCUT2D eigenvalue weighted by atomic mass is 9.67. The Kier molecular flexibility index (Phi) is 2.46. The minimum Gasteiger partial charge on any atom is -0.339 e. The Bertz CT molecular complexity index is 368. The zero-order valence-corrected chi connectivity index (χ0v) is 9.83. The van der Waals surface area contributed by atoms with Gasteiger partial charge in [-0.05, 0) is 25.2 Å². The summed E-state index contributed by atoms with van der Waals surface area (Å²) in [6.07, 6.45) is 6.71. The first kappa shape index (κ1) is 10.3. The van der Waals surface area contributed by atoms with E-state index in [0.717, 1.165) is 24.8 Å². The lowest BCUT2D eigenvalue weighted by Gasteiger charge is -2.36. The van der Waals surface area contributed by atoms with Crippen molar-refractivity contribution in [2.75, 3.05) is 13.1 Å². The smallest absolute Gasteiger partial charge is 0.231 e. The largest absolute Gasteiger partial charge is 0.339 e. The summed E-state index contributed by atoms with van der Waals surface area (Å²) in [6.45, 7) is 4.02. The second-order valence-electron chi connectivity index (χ2n) is 5.29. The molecule has 1 aliphatic heterocycles. The fourth-order valence-corrected chi connectivity index (χ4v) is 3.39. The Morgan fingerprint density at radius 2 is 2.12 bits per heavy atom. The minimum atomic E-state index is 0.400. The van der Waals surface area contributed by atoms with Crippen LogP contribution in [0.25, 0.3) is 0 Å². The molecule has 0 bridgehead atoms. The molecule has 88 valence electrons. The molecule has 2 heterocycles. The van der Waals surface area contributed by atoms with Gasteiger partial charge in [0.05, 0.1) is 5.92 Å². The maximum absolute atomic E-state index is 5.37. The highest BCUT2D eigenvalue weighted by Gasteiger charge is 2.46. The SMILES string of the molecule is Cc1noc([C@H]2CNCC23CCCCC3)n1. The van der Waals surface area contributed by atoms with E-state index >= 15 is 0 Å². The van der Waals surface area contributed by atoms with Gasteiger partial charge >= 0.3 is 0 Å². The van der Waals surface area contributed by atoms with Crippen LogP contribution < -0.4 is 5.32 Å². The summed E-state index contributed by atoms with van der Waals surface area (Å²) in [4.78, 5) is 4.42. The lowest BCUT2D eigenvalue weighted by Crippen LogP contribution is -2.31. The summed E-state index contributed by atoms with van der Waals surface area (Å²) in [5, 5.41) is 7.44. The number of nitrogens with zero attached hydrogens (tertiary/aromatic N) is 2. The van der Waals surface area contributed by atoms with Crippen LogP contribution in [0, 0.1) is 12.3 Å². The summed E-state index contributed by atoms with van der Waals surface area (Å²) in [7, 11) is 0. The van der Waals surface area contributed by atoms with E-state index in [2.05, 4.69) is 15.5 Å². The van der Waals surface area contributed by atoms with E-state index in [0.29, 0.717) is 11.3 Å². The standard InChI is InChI=1S/C12H19N3O/c1-9-14-11(16-15-9)10-7-13-8-12(10)5-3-2-4-6-12/h10,13H,2-8H2,1H3/t10-/m1/s1. The van der Waals surface area contributed by atoms with Gasteiger partial charge in [0.2, 0.25) is 5.89 Å². The summed E-state index contributed by atoms with van der Waals surface area (Å²) in [6, 6.07) is 0. The molecule has 1 aromatic rings. The molecule has 0 aromatic carbocycles. The van der Waals surface area contributed by atoms with Gasteiger partial charge in [-0.15, -0.1) is 0 Å². The molecular weight excluding hydrogens is 202 g/mol. The quantitative estimate of drug-likeness (QED) is 0.788. The Morgan fingerprint density at radius 1 is 1.31 bits per heavy atom. The second kappa shape index (κ2) is 3.84. The highest BCUT2D eigenvalue weighted by atomic mass is 16.5. The van der Waals surface area contributed by atoms with Crippen molar-refractivity contribution in [2.45, 2.75) is 44.9 Å². The van der Waals surface area contributed by atoms with Gasteiger partial charge in [0.25, 0.3) is 0 Å². The first-order chi connectivity index (χ1) is 7.80. The zero-order valence-electron chi connectivity index (χ0n) is 9.83. The fraction of sp³-hybridized carbons (Fsp3) is 0.833. The molecule has 1 aliphatic carbocycles. The first-order valence-corrected chi connectivity index (χ1v) is 6.31. The van der Waals surface area contributed by atoms with Gasteiger partial charge in [0.1, 0.15) is 0 Å². The summed E-state index contributed by atoms with van der Waals surface area (Å²) in [5.41, 5.74) is 0.400. The minimum absolute atomic E-state index is 0.400. The van der Waals surface area contributed by atoms with Crippen LogP contribution in [0.15, 0.2) is 4.52 Å². The molecule has 1 saturated heterocycles. The zero-order chi connectivity index (χ0) is 11.0. The molecule has 2 fully saturated rings. The van der Waals surface area contributed by atoms with Crippen LogP contribution in [0.1, 0.15) is 49.7 Å². The molecule has 1 atom stereocenters. The summed E-state index contributed by atoms with van der Waals surface area (Å²) in [5.74, 6) is 2.05. The van der Waals surface area contributed by atoms with Crippen molar-refractivity contribution in [3.05, 3.63) is 11.7 Å². The summed E-state index contributed by atoms with van der Waals surface area (Å²) >= 11 is 0. The molecule has 1 spiro atoms. The van der Waals surface area contributed by atoms with Crippen molar-refractivity contribution >= 4 is 0 Å². The van der Waals surface area contributed by atoms with E-state index in [9.17, 15) is 0 Å². The molecule has 1 saturated carbocycles. The van der Waals surface area contributed by atoms with Crippen LogP contribution in [0.4, 0.5) is 0 Å². The van der Waals surface area contributed by atoms with Crippen molar-refractivity contribution in [3.8, 4) is 0 Å². The number of hydrogen-bond donors (Lipinski definition) is 1. The topological polar surface area (TPSA) is 51.0 Å². The highest BCUT2D eigenvalue weighted by Crippen LogP contribution is 2.48. The van der Waals surface area contributed by atoms with E-state index < -0.39 is 0 Å². The van der Waals surface area contributed by atoms with E-state index in [1.54, 1.807) is 0 Å². The van der Waals surface area contributed by atoms with Crippen LogP contribution in [-0.4, -0.2) is 23.2 Å². The van der Waals surface area contributed by atoms with Gasteiger partial charge in [-0.3, -0.25) is 0 Å². The third-order valence-corrected chi connectivity index (χ3v) is 4.26. The number of aromatic nitrogens is 2. The highest BCUT2D eigenvalue weighted by molar-refractivity contribution is 5.09. The van der Waals surface area contributed by atoms with Crippen LogP contribution in [0.3, 0.4) is 0 Å². The molecule has 4 heteroatoms. The lowest BCUT2D eigenvalue weighted by molar-refractivity contribution is 0.165. The molecule has 0 amide bonds. The van der Waals surface area contributed by atoms with Crippen LogP contribution >= 0.6 is 0 Å². The van der Waals surface area contributed by atoms with E-state index in [-0.39, 0.29) is 0 Å². The second-order valence-corrected chi connectivity index (χ2v) is 5.29. The molecular formula is C12H19N3O. The molecule has 1 aromatic heterocycles. The van der Waals surface area contributed by atoms with Gasteiger partial charge in [-0.25, -0.2) is 0 Å².